The minimum Gasteiger partial charge on any atom is -0.460 e. The third kappa shape index (κ3) is 30.4. The monoisotopic (exact) mass is 1290 g/mol. The summed E-state index contributed by atoms with van der Waals surface area (Å²) < 4.78 is 86.7. The highest BCUT2D eigenvalue weighted by Gasteiger charge is 2.18. The van der Waals surface area contributed by atoms with Gasteiger partial charge in [0.05, 0.1) is 154 Å². The van der Waals surface area contributed by atoms with Gasteiger partial charge in [-0.25, -0.2) is 19.2 Å². The fourth-order valence-corrected chi connectivity index (χ4v) is 8.29. The van der Waals surface area contributed by atoms with Crippen molar-refractivity contribution in [3.05, 3.63) is 138 Å². The summed E-state index contributed by atoms with van der Waals surface area (Å²) in [6.07, 6.45) is 0. The maximum atomic E-state index is 14.0. The third-order valence-corrected chi connectivity index (χ3v) is 13.9. The van der Waals surface area contributed by atoms with E-state index >= 15 is 0 Å². The number of hydrogen-bond acceptors (Lipinski definition) is 20. The molecule has 0 amide bonds. The molecule has 0 N–H and O–H groups in total. The highest BCUT2D eigenvalue weighted by molar-refractivity contribution is 6.83. The van der Waals surface area contributed by atoms with Crippen LogP contribution in [0, 0.1) is 74.7 Å². The van der Waals surface area contributed by atoms with Crippen molar-refractivity contribution in [2.75, 3.05) is 187 Å². The van der Waals surface area contributed by atoms with Crippen LogP contribution in [0.2, 0.25) is 19.6 Å². The second-order valence-corrected chi connectivity index (χ2v) is 26.0. The molecule has 0 unspecified atom stereocenters. The second-order valence-electron chi connectivity index (χ2n) is 21.3. The first-order valence-corrected chi connectivity index (χ1v) is 33.9. The molecular formula is C71H90O20Si. The lowest BCUT2D eigenvalue weighted by Crippen LogP contribution is -2.16. The summed E-state index contributed by atoms with van der Waals surface area (Å²) in [7, 11) is 4.51. The highest BCUT2D eigenvalue weighted by Crippen LogP contribution is 2.23. The van der Waals surface area contributed by atoms with Gasteiger partial charge in [0, 0.05) is 67.4 Å². The van der Waals surface area contributed by atoms with Crippen molar-refractivity contribution in [2.24, 2.45) is 0 Å². The lowest BCUT2D eigenvalue weighted by atomic mass is 9.95. The van der Waals surface area contributed by atoms with Crippen LogP contribution in [0.15, 0.2) is 54.6 Å². The number of hydrogen-bond donors (Lipinski definition) is 0. The summed E-state index contributed by atoms with van der Waals surface area (Å²) in [6.45, 7) is 20.6. The average molecular weight is 1290 g/mol. The maximum absolute atomic E-state index is 14.0. The van der Waals surface area contributed by atoms with Crippen molar-refractivity contribution < 1.29 is 95.0 Å². The fourth-order valence-electron chi connectivity index (χ4n) is 7.78. The lowest BCUT2D eigenvalue weighted by molar-refractivity contribution is 0.00552. The van der Waals surface area contributed by atoms with Crippen LogP contribution in [0.4, 0.5) is 0 Å². The molecule has 0 spiro atoms. The summed E-state index contributed by atoms with van der Waals surface area (Å²) >= 11 is 0. The Labute approximate surface area is 544 Å². The Hall–Kier alpha value is -7.26. The lowest BCUT2D eigenvalue weighted by Gasteiger charge is -2.11. The van der Waals surface area contributed by atoms with Gasteiger partial charge >= 0.3 is 23.9 Å². The summed E-state index contributed by atoms with van der Waals surface area (Å²) in [5.41, 5.74) is 10.5. The van der Waals surface area contributed by atoms with Gasteiger partial charge in [0.1, 0.15) is 34.5 Å². The molecule has 92 heavy (non-hydrogen) atoms. The van der Waals surface area contributed by atoms with Gasteiger partial charge < -0.3 is 75.8 Å². The van der Waals surface area contributed by atoms with E-state index < -0.39 is 32.0 Å². The minimum absolute atomic E-state index is 0.00780. The van der Waals surface area contributed by atoms with Crippen molar-refractivity contribution >= 4 is 32.0 Å². The number of aryl methyl sites for hydroxylation is 1. The van der Waals surface area contributed by atoms with Gasteiger partial charge in [-0.15, -0.1) is 5.54 Å². The molecule has 0 aliphatic rings. The van der Waals surface area contributed by atoms with E-state index in [1.54, 1.807) is 83.0 Å². The predicted molar refractivity (Wildman–Crippen MR) is 348 cm³/mol. The van der Waals surface area contributed by atoms with Crippen molar-refractivity contribution in [1.82, 2.24) is 0 Å². The molecule has 0 heterocycles. The van der Waals surface area contributed by atoms with Gasteiger partial charge in [0.25, 0.3) is 0 Å². The Kier molecular flexibility index (Phi) is 37.8. The highest BCUT2D eigenvalue weighted by atomic mass is 28.3. The zero-order valence-electron chi connectivity index (χ0n) is 55.3. The number of carbonyl (C=O) groups excluding carboxylic acids is 4. The van der Waals surface area contributed by atoms with Crippen LogP contribution in [-0.4, -0.2) is 219 Å². The summed E-state index contributed by atoms with van der Waals surface area (Å²) in [5.74, 6) is 20.4. The zero-order valence-corrected chi connectivity index (χ0v) is 56.3. The summed E-state index contributed by atoms with van der Waals surface area (Å²) in [6, 6.07) is 15.0. The first-order valence-electron chi connectivity index (χ1n) is 30.4. The molecule has 0 aromatic heterocycles. The molecule has 498 valence electrons. The average Bonchev–Trinajstić information content (AvgIpc) is 0.983. The SMILES string of the molecule is COCCOCCOCCOC(=O)c1ccc(C)c(C#Cc2cc(C(=O)OCCOCCOCCOC)cc(C#Cc3cc(C(=O)OCCOCCOCCOC)cc(C#Cc4cc(C(=O)OCCOCCOCCOC)cc(C#C[Si](C)(C)C)c4C)c3C)c2C)c1. The molecule has 4 rings (SSSR count). The molecule has 20 nitrogen and oxygen atoms in total. The first-order chi connectivity index (χ1) is 44.5. The molecule has 21 heteroatoms. The summed E-state index contributed by atoms with van der Waals surface area (Å²) in [5, 5.41) is 0. The van der Waals surface area contributed by atoms with E-state index in [0.717, 1.165) is 11.1 Å². The standard InChI is InChI=1S/C71H90O20Si/c1-53-12-13-64(68(72)88-41-37-84-33-29-80-25-21-76-5)46-57(53)14-15-58-47-65(69(73)89-42-38-85-34-30-81-26-22-77-6)48-59(54(58)2)16-17-60-49-66(70(74)90-43-39-86-35-31-82-27-23-78-7)50-61(55(60)3)18-19-62-51-67(52-63(56(62)4)20-45-92(9,10)11)71(75)91-44-40-87-36-32-83-28-24-79-8/h12-13,46-52H,21-44H2,1-11H3. The molecule has 0 saturated heterocycles. The van der Waals surface area contributed by atoms with E-state index in [1.807, 2.05) is 27.7 Å². The predicted octanol–water partition coefficient (Wildman–Crippen LogP) is 7.69. The molecular weight excluding hydrogens is 1200 g/mol. The van der Waals surface area contributed by atoms with E-state index in [-0.39, 0.29) is 76.2 Å². The van der Waals surface area contributed by atoms with E-state index in [2.05, 4.69) is 66.6 Å². The van der Waals surface area contributed by atoms with Gasteiger partial charge in [-0.3, -0.25) is 0 Å². The number of benzene rings is 4. The van der Waals surface area contributed by atoms with Crippen LogP contribution in [0.3, 0.4) is 0 Å². The molecule has 0 atom stereocenters. The molecule has 0 fully saturated rings. The van der Waals surface area contributed by atoms with Gasteiger partial charge in [0.2, 0.25) is 0 Å². The maximum Gasteiger partial charge on any atom is 0.338 e. The quantitative estimate of drug-likeness (QED) is 0.0137. The van der Waals surface area contributed by atoms with Crippen LogP contribution >= 0.6 is 0 Å². The second kappa shape index (κ2) is 45.1. The zero-order chi connectivity index (χ0) is 66.8. The Morgan fingerprint density at radius 1 is 0.293 bits per heavy atom. The number of carbonyl (C=O) groups is 4. The van der Waals surface area contributed by atoms with E-state index in [0.29, 0.717) is 155 Å². The largest absolute Gasteiger partial charge is 0.460 e. The Bertz CT molecular complexity index is 3230. The van der Waals surface area contributed by atoms with Crippen LogP contribution in [0.1, 0.15) is 103 Å². The molecule has 0 bridgehead atoms. The van der Waals surface area contributed by atoms with Crippen molar-refractivity contribution in [2.45, 2.75) is 47.3 Å². The minimum atomic E-state index is -1.88. The van der Waals surface area contributed by atoms with Crippen molar-refractivity contribution in [3.63, 3.8) is 0 Å². The smallest absolute Gasteiger partial charge is 0.338 e. The summed E-state index contributed by atoms with van der Waals surface area (Å²) in [4.78, 5) is 54.7. The van der Waals surface area contributed by atoms with Gasteiger partial charge in [-0.2, -0.15) is 0 Å². The number of methoxy groups -OCH3 is 4. The van der Waals surface area contributed by atoms with E-state index in [9.17, 15) is 19.2 Å². The van der Waals surface area contributed by atoms with E-state index in [1.165, 1.54) is 0 Å². The fraction of sp³-hybridized carbons (Fsp3) is 0.493. The van der Waals surface area contributed by atoms with Crippen molar-refractivity contribution in [1.29, 1.82) is 0 Å². The number of ether oxygens (including phenoxy) is 16. The molecule has 4 aromatic rings. The van der Waals surface area contributed by atoms with Crippen molar-refractivity contribution in [3.8, 4) is 47.0 Å². The topological polar surface area (TPSA) is 216 Å². The van der Waals surface area contributed by atoms with Gasteiger partial charge in [0.15, 0.2) is 0 Å². The third-order valence-electron chi connectivity index (χ3n) is 13.0. The Morgan fingerprint density at radius 2 is 0.511 bits per heavy atom. The van der Waals surface area contributed by atoms with Gasteiger partial charge in [-0.1, -0.05) is 67.2 Å². The molecule has 0 aliphatic heterocycles. The van der Waals surface area contributed by atoms with Gasteiger partial charge in [-0.05, 0) is 98.5 Å². The Morgan fingerprint density at radius 3 is 0.772 bits per heavy atom. The number of rotatable bonds is 40. The molecule has 0 aliphatic carbocycles. The van der Waals surface area contributed by atoms with Crippen LogP contribution in [0.25, 0.3) is 0 Å². The molecule has 0 saturated carbocycles. The van der Waals surface area contributed by atoms with Crippen LogP contribution in [-0.2, 0) is 75.8 Å². The first kappa shape index (κ1) is 77.2. The molecule has 4 aromatic carbocycles. The normalized spacial score (nSPS) is 10.9. The molecule has 0 radical (unpaired) electrons. The van der Waals surface area contributed by atoms with Crippen LogP contribution in [0.5, 0.6) is 0 Å². The Balaban J connectivity index is 1.78. The van der Waals surface area contributed by atoms with E-state index in [4.69, 9.17) is 75.8 Å². The van der Waals surface area contributed by atoms with Crippen LogP contribution < -0.4 is 0 Å². The number of esters is 4.